The van der Waals surface area contributed by atoms with E-state index in [9.17, 15) is 0 Å². The predicted octanol–water partition coefficient (Wildman–Crippen LogP) is 4.42. The molecule has 0 saturated heterocycles. The fourth-order valence-corrected chi connectivity index (χ4v) is 4.79. The van der Waals surface area contributed by atoms with Crippen LogP contribution in [0.3, 0.4) is 0 Å². The molecule has 0 radical (unpaired) electrons. The molecule has 0 aliphatic carbocycles. The first kappa shape index (κ1) is 18.2. The molecule has 0 saturated carbocycles. The summed E-state index contributed by atoms with van der Waals surface area (Å²) < 4.78 is 8.66. The van der Waals surface area contributed by atoms with Crippen molar-refractivity contribution in [1.82, 2.24) is 19.7 Å². The van der Waals surface area contributed by atoms with E-state index in [1.54, 1.807) is 30.2 Å². The molecule has 138 valence electrons. The average molecular weight is 397 g/mol. The number of thiazole rings is 1. The molecular weight excluding hydrogens is 376 g/mol. The van der Waals surface area contributed by atoms with Gasteiger partial charge in [-0.05, 0) is 17.7 Å². The lowest BCUT2D eigenvalue weighted by Gasteiger charge is -2.09. The third-order valence-electron chi connectivity index (χ3n) is 4.18. The Labute approximate surface area is 166 Å². The summed E-state index contributed by atoms with van der Waals surface area (Å²) in [5.41, 5.74) is 2.29. The number of para-hydroxylation sites is 1. The highest BCUT2D eigenvalue weighted by atomic mass is 32.2. The normalized spacial score (nSPS) is 11.3. The number of nitrogens with zero attached hydrogens (tertiary/aromatic N) is 4. The molecule has 0 fully saturated rings. The standard InChI is InChI=1S/C20H20N4OS2/c1-25-12-11-24-18(13-15-7-3-2-4-8-15)22-23-20(24)26-14-19-21-16-9-5-6-10-17(16)27-19/h2-10H,11-14H2,1H3. The van der Waals surface area contributed by atoms with Gasteiger partial charge in [0.15, 0.2) is 5.16 Å². The number of rotatable bonds is 8. The summed E-state index contributed by atoms with van der Waals surface area (Å²) in [5.74, 6) is 1.75. The monoisotopic (exact) mass is 396 g/mol. The minimum Gasteiger partial charge on any atom is -0.383 e. The van der Waals surface area contributed by atoms with Gasteiger partial charge >= 0.3 is 0 Å². The van der Waals surface area contributed by atoms with Crippen molar-refractivity contribution < 1.29 is 4.74 Å². The van der Waals surface area contributed by atoms with Crippen molar-refractivity contribution in [2.75, 3.05) is 13.7 Å². The molecule has 0 bridgehead atoms. The highest BCUT2D eigenvalue weighted by Crippen LogP contribution is 2.28. The number of hydrogen-bond donors (Lipinski definition) is 0. The van der Waals surface area contributed by atoms with Gasteiger partial charge in [0.1, 0.15) is 10.8 Å². The molecule has 27 heavy (non-hydrogen) atoms. The molecule has 0 atom stereocenters. The lowest BCUT2D eigenvalue weighted by Crippen LogP contribution is -2.10. The number of benzene rings is 2. The second-order valence-electron chi connectivity index (χ2n) is 6.07. The average Bonchev–Trinajstić information content (AvgIpc) is 3.29. The number of hydrogen-bond acceptors (Lipinski definition) is 6. The molecule has 0 N–H and O–H groups in total. The quantitative estimate of drug-likeness (QED) is 0.413. The van der Waals surface area contributed by atoms with E-state index in [4.69, 9.17) is 9.72 Å². The summed E-state index contributed by atoms with van der Waals surface area (Å²) in [6, 6.07) is 18.6. The molecule has 4 rings (SSSR count). The maximum atomic E-state index is 5.28. The van der Waals surface area contributed by atoms with Gasteiger partial charge in [-0.3, -0.25) is 0 Å². The smallest absolute Gasteiger partial charge is 0.191 e. The predicted molar refractivity (Wildman–Crippen MR) is 110 cm³/mol. The number of thioether (sulfide) groups is 1. The van der Waals surface area contributed by atoms with Gasteiger partial charge in [0.2, 0.25) is 0 Å². The first-order valence-electron chi connectivity index (χ1n) is 8.75. The second kappa shape index (κ2) is 8.65. The lowest BCUT2D eigenvalue weighted by atomic mass is 10.1. The van der Waals surface area contributed by atoms with Gasteiger partial charge in [-0.1, -0.05) is 54.2 Å². The van der Waals surface area contributed by atoms with Gasteiger partial charge in [-0.2, -0.15) is 0 Å². The number of methoxy groups -OCH3 is 1. The summed E-state index contributed by atoms with van der Waals surface area (Å²) in [4.78, 5) is 4.71. The van der Waals surface area contributed by atoms with E-state index in [2.05, 4.69) is 45.1 Å². The van der Waals surface area contributed by atoms with Gasteiger partial charge in [0, 0.05) is 20.1 Å². The van der Waals surface area contributed by atoms with Crippen LogP contribution in [0.1, 0.15) is 16.4 Å². The zero-order chi connectivity index (χ0) is 18.5. The Morgan fingerprint density at radius 2 is 1.85 bits per heavy atom. The van der Waals surface area contributed by atoms with E-state index in [1.807, 2.05) is 24.3 Å². The van der Waals surface area contributed by atoms with Crippen molar-refractivity contribution in [3.8, 4) is 0 Å². The molecule has 0 spiro atoms. The topological polar surface area (TPSA) is 52.8 Å². The molecule has 0 aliphatic heterocycles. The summed E-state index contributed by atoms with van der Waals surface area (Å²) in [6.07, 6.45) is 0.763. The molecule has 7 heteroatoms. The van der Waals surface area contributed by atoms with Crippen LogP contribution in [0.25, 0.3) is 10.2 Å². The molecule has 0 amide bonds. The highest BCUT2D eigenvalue weighted by molar-refractivity contribution is 7.98. The largest absolute Gasteiger partial charge is 0.383 e. The Morgan fingerprint density at radius 3 is 2.67 bits per heavy atom. The van der Waals surface area contributed by atoms with Crippen molar-refractivity contribution in [2.24, 2.45) is 0 Å². The van der Waals surface area contributed by atoms with Crippen LogP contribution in [0.15, 0.2) is 59.8 Å². The van der Waals surface area contributed by atoms with Gasteiger partial charge in [-0.25, -0.2) is 4.98 Å². The maximum Gasteiger partial charge on any atom is 0.191 e. The van der Waals surface area contributed by atoms with Crippen LogP contribution >= 0.6 is 23.1 Å². The number of fused-ring (bicyclic) bond motifs is 1. The van der Waals surface area contributed by atoms with Gasteiger partial charge in [0.05, 0.1) is 22.6 Å². The molecule has 2 aromatic heterocycles. The van der Waals surface area contributed by atoms with E-state index in [0.29, 0.717) is 6.61 Å². The van der Waals surface area contributed by atoms with E-state index in [-0.39, 0.29) is 0 Å². The van der Waals surface area contributed by atoms with Crippen molar-refractivity contribution in [3.05, 3.63) is 71.0 Å². The zero-order valence-electron chi connectivity index (χ0n) is 15.0. The van der Waals surface area contributed by atoms with Crippen LogP contribution in [0.4, 0.5) is 0 Å². The van der Waals surface area contributed by atoms with Crippen LogP contribution < -0.4 is 0 Å². The van der Waals surface area contributed by atoms with E-state index in [0.717, 1.165) is 40.2 Å². The maximum absolute atomic E-state index is 5.28. The third kappa shape index (κ3) is 4.37. The highest BCUT2D eigenvalue weighted by Gasteiger charge is 2.14. The molecule has 5 nitrogen and oxygen atoms in total. The van der Waals surface area contributed by atoms with Crippen LogP contribution in [0, 0.1) is 0 Å². The van der Waals surface area contributed by atoms with Crippen molar-refractivity contribution in [1.29, 1.82) is 0 Å². The van der Waals surface area contributed by atoms with Crippen LogP contribution in [0.5, 0.6) is 0 Å². The van der Waals surface area contributed by atoms with E-state index < -0.39 is 0 Å². The SMILES string of the molecule is COCCn1c(Cc2ccccc2)nnc1SCc1nc2ccccc2s1. The zero-order valence-corrected chi connectivity index (χ0v) is 16.7. The Morgan fingerprint density at radius 1 is 1.04 bits per heavy atom. The number of aromatic nitrogens is 4. The minimum absolute atomic E-state index is 0.633. The van der Waals surface area contributed by atoms with Crippen LogP contribution in [-0.2, 0) is 23.5 Å². The van der Waals surface area contributed by atoms with Crippen molar-refractivity contribution in [2.45, 2.75) is 23.9 Å². The summed E-state index contributed by atoms with van der Waals surface area (Å²) >= 11 is 3.41. The van der Waals surface area contributed by atoms with E-state index >= 15 is 0 Å². The summed E-state index contributed by atoms with van der Waals surface area (Å²) in [6.45, 7) is 1.38. The fraction of sp³-hybridized carbons (Fsp3) is 0.250. The lowest BCUT2D eigenvalue weighted by molar-refractivity contribution is 0.184. The first-order chi connectivity index (χ1) is 13.3. The van der Waals surface area contributed by atoms with Gasteiger partial charge in [0.25, 0.3) is 0 Å². The van der Waals surface area contributed by atoms with Crippen molar-refractivity contribution >= 4 is 33.3 Å². The second-order valence-corrected chi connectivity index (χ2v) is 8.13. The van der Waals surface area contributed by atoms with E-state index in [1.165, 1.54) is 10.3 Å². The fourth-order valence-electron chi connectivity index (χ4n) is 2.85. The van der Waals surface area contributed by atoms with Crippen molar-refractivity contribution in [3.63, 3.8) is 0 Å². The minimum atomic E-state index is 0.633. The number of ether oxygens (including phenoxy) is 1. The Bertz CT molecular complexity index is 980. The molecule has 0 aliphatic rings. The molecule has 2 aromatic carbocycles. The van der Waals surface area contributed by atoms with Gasteiger partial charge < -0.3 is 9.30 Å². The summed E-state index contributed by atoms with van der Waals surface area (Å²) in [7, 11) is 1.72. The Hall–Kier alpha value is -2.22. The molecule has 4 aromatic rings. The Kier molecular flexibility index (Phi) is 5.81. The first-order valence-corrected chi connectivity index (χ1v) is 10.6. The van der Waals surface area contributed by atoms with Crippen LogP contribution in [0.2, 0.25) is 0 Å². The molecule has 0 unspecified atom stereocenters. The summed E-state index contributed by atoms with van der Waals surface area (Å²) in [5, 5.41) is 10.9. The van der Waals surface area contributed by atoms with Crippen LogP contribution in [-0.4, -0.2) is 33.5 Å². The third-order valence-corrected chi connectivity index (χ3v) is 6.38. The van der Waals surface area contributed by atoms with Gasteiger partial charge in [-0.15, -0.1) is 21.5 Å². The molecule has 2 heterocycles. The molecular formula is C20H20N4OS2. The Balaban J connectivity index is 1.52.